The molecule has 1 unspecified atom stereocenters. The van der Waals surface area contributed by atoms with Crippen LogP contribution in [0.4, 0.5) is 0 Å². The fourth-order valence-electron chi connectivity index (χ4n) is 3.07. The van der Waals surface area contributed by atoms with Gasteiger partial charge in [-0.25, -0.2) is 0 Å². The lowest BCUT2D eigenvalue weighted by Crippen LogP contribution is -2.49. The first-order valence-electron chi connectivity index (χ1n) is 7.51. The van der Waals surface area contributed by atoms with Crippen molar-refractivity contribution in [3.8, 4) is 0 Å². The molecule has 0 bridgehead atoms. The van der Waals surface area contributed by atoms with Gasteiger partial charge in [-0.15, -0.1) is 0 Å². The summed E-state index contributed by atoms with van der Waals surface area (Å²) in [5.74, 6) is 0. The van der Waals surface area contributed by atoms with Crippen LogP contribution in [0.3, 0.4) is 0 Å². The second-order valence-corrected chi connectivity index (χ2v) is 5.90. The standard InChI is InChI=1S/C15H27N3O/c1-4-19-15(8-5-6-9-15)14(16)11-13-7-10-18(17-13)12(2)3/h7,10,12,14H,4-6,8-9,11,16H2,1-3H3. The van der Waals surface area contributed by atoms with E-state index in [2.05, 4.69) is 31.9 Å². The highest BCUT2D eigenvalue weighted by Crippen LogP contribution is 2.36. The molecule has 19 heavy (non-hydrogen) atoms. The van der Waals surface area contributed by atoms with Gasteiger partial charge in [-0.05, 0) is 39.7 Å². The second-order valence-electron chi connectivity index (χ2n) is 5.90. The molecule has 0 spiro atoms. The van der Waals surface area contributed by atoms with Crippen LogP contribution in [-0.2, 0) is 11.2 Å². The summed E-state index contributed by atoms with van der Waals surface area (Å²) in [5.41, 5.74) is 7.40. The highest BCUT2D eigenvalue weighted by Gasteiger charge is 2.40. The Balaban J connectivity index is 2.03. The van der Waals surface area contributed by atoms with Crippen LogP contribution in [0, 0.1) is 0 Å². The van der Waals surface area contributed by atoms with Gasteiger partial charge in [0.25, 0.3) is 0 Å². The maximum absolute atomic E-state index is 6.44. The van der Waals surface area contributed by atoms with Gasteiger partial charge < -0.3 is 10.5 Å². The first-order valence-corrected chi connectivity index (χ1v) is 7.51. The van der Waals surface area contributed by atoms with Crippen molar-refractivity contribution in [1.29, 1.82) is 0 Å². The molecule has 2 rings (SSSR count). The van der Waals surface area contributed by atoms with E-state index < -0.39 is 0 Å². The number of hydrogen-bond donors (Lipinski definition) is 1. The molecule has 0 amide bonds. The molecular formula is C15H27N3O. The molecule has 1 atom stereocenters. The minimum Gasteiger partial charge on any atom is -0.374 e. The van der Waals surface area contributed by atoms with Crippen molar-refractivity contribution >= 4 is 0 Å². The lowest BCUT2D eigenvalue weighted by Gasteiger charge is -2.34. The molecule has 1 heterocycles. The summed E-state index contributed by atoms with van der Waals surface area (Å²) in [6, 6.07) is 2.52. The molecule has 1 aliphatic carbocycles. The maximum atomic E-state index is 6.44. The zero-order chi connectivity index (χ0) is 13.9. The van der Waals surface area contributed by atoms with Crippen molar-refractivity contribution in [3.63, 3.8) is 0 Å². The Hall–Kier alpha value is -0.870. The molecule has 1 fully saturated rings. The quantitative estimate of drug-likeness (QED) is 0.860. The van der Waals surface area contributed by atoms with E-state index >= 15 is 0 Å². The van der Waals surface area contributed by atoms with Crippen LogP contribution in [0.1, 0.15) is 58.2 Å². The number of nitrogens with zero attached hydrogens (tertiary/aromatic N) is 2. The Kier molecular flexibility index (Phi) is 4.63. The third-order valence-electron chi connectivity index (χ3n) is 4.18. The van der Waals surface area contributed by atoms with E-state index in [4.69, 9.17) is 10.5 Å². The number of aromatic nitrogens is 2. The zero-order valence-electron chi connectivity index (χ0n) is 12.4. The van der Waals surface area contributed by atoms with Gasteiger partial charge in [-0.3, -0.25) is 4.68 Å². The Morgan fingerprint density at radius 3 is 2.63 bits per heavy atom. The second kappa shape index (κ2) is 6.06. The summed E-state index contributed by atoms with van der Waals surface area (Å²) >= 11 is 0. The predicted molar refractivity (Wildman–Crippen MR) is 77.1 cm³/mol. The monoisotopic (exact) mass is 265 g/mol. The molecule has 1 aromatic rings. The van der Waals surface area contributed by atoms with Crippen LogP contribution in [0.25, 0.3) is 0 Å². The molecule has 0 aliphatic heterocycles. The van der Waals surface area contributed by atoms with Crippen LogP contribution in [0.2, 0.25) is 0 Å². The molecule has 0 aromatic carbocycles. The first kappa shape index (κ1) is 14.5. The Morgan fingerprint density at radius 1 is 1.42 bits per heavy atom. The van der Waals surface area contributed by atoms with Crippen LogP contribution in [0.5, 0.6) is 0 Å². The summed E-state index contributed by atoms with van der Waals surface area (Å²) < 4.78 is 8.01. The molecule has 1 saturated carbocycles. The molecule has 0 saturated heterocycles. The van der Waals surface area contributed by atoms with Crippen LogP contribution in [0.15, 0.2) is 12.3 Å². The van der Waals surface area contributed by atoms with Crippen LogP contribution < -0.4 is 5.73 Å². The van der Waals surface area contributed by atoms with E-state index in [0.29, 0.717) is 6.04 Å². The van der Waals surface area contributed by atoms with Gasteiger partial charge in [0.15, 0.2) is 0 Å². The van der Waals surface area contributed by atoms with Crippen molar-refractivity contribution in [2.75, 3.05) is 6.61 Å². The van der Waals surface area contributed by atoms with E-state index in [9.17, 15) is 0 Å². The molecule has 2 N–H and O–H groups in total. The van der Waals surface area contributed by atoms with Crippen molar-refractivity contribution < 1.29 is 4.74 Å². The molecule has 4 heteroatoms. The van der Waals surface area contributed by atoms with Gasteiger partial charge in [-0.2, -0.15) is 5.10 Å². The zero-order valence-corrected chi connectivity index (χ0v) is 12.4. The Labute approximate surface area is 116 Å². The topological polar surface area (TPSA) is 53.1 Å². The lowest BCUT2D eigenvalue weighted by atomic mass is 9.89. The number of nitrogens with two attached hydrogens (primary N) is 1. The molecule has 1 aliphatic rings. The van der Waals surface area contributed by atoms with E-state index in [1.807, 2.05) is 10.9 Å². The average Bonchev–Trinajstić information content (AvgIpc) is 2.99. The Bertz CT molecular complexity index is 394. The number of hydrogen-bond acceptors (Lipinski definition) is 3. The van der Waals surface area contributed by atoms with Crippen molar-refractivity contribution in [3.05, 3.63) is 18.0 Å². The maximum Gasteiger partial charge on any atom is 0.0836 e. The fourth-order valence-corrected chi connectivity index (χ4v) is 3.07. The number of ether oxygens (including phenoxy) is 1. The Morgan fingerprint density at radius 2 is 2.11 bits per heavy atom. The van der Waals surface area contributed by atoms with E-state index in [-0.39, 0.29) is 11.6 Å². The number of rotatable bonds is 6. The lowest BCUT2D eigenvalue weighted by molar-refractivity contribution is -0.0526. The van der Waals surface area contributed by atoms with Gasteiger partial charge in [0.1, 0.15) is 0 Å². The van der Waals surface area contributed by atoms with Gasteiger partial charge >= 0.3 is 0 Å². The van der Waals surface area contributed by atoms with Crippen LogP contribution in [-0.4, -0.2) is 28.0 Å². The molecule has 1 aromatic heterocycles. The van der Waals surface area contributed by atoms with E-state index in [0.717, 1.165) is 31.6 Å². The largest absolute Gasteiger partial charge is 0.374 e. The normalized spacial score (nSPS) is 20.1. The fraction of sp³-hybridized carbons (Fsp3) is 0.800. The molecular weight excluding hydrogens is 238 g/mol. The first-order chi connectivity index (χ1) is 9.07. The highest BCUT2D eigenvalue weighted by atomic mass is 16.5. The minimum atomic E-state index is -0.115. The van der Waals surface area contributed by atoms with Crippen molar-refractivity contribution in [2.45, 2.75) is 70.6 Å². The third kappa shape index (κ3) is 3.18. The van der Waals surface area contributed by atoms with Crippen molar-refractivity contribution in [1.82, 2.24) is 9.78 Å². The summed E-state index contributed by atoms with van der Waals surface area (Å²) in [6.07, 6.45) is 7.48. The third-order valence-corrected chi connectivity index (χ3v) is 4.18. The SMILES string of the molecule is CCOC1(C(N)Cc2ccn(C(C)C)n2)CCCC1. The van der Waals surface area contributed by atoms with Gasteiger partial charge in [0.05, 0.1) is 11.3 Å². The minimum absolute atomic E-state index is 0.0467. The van der Waals surface area contributed by atoms with E-state index in [1.165, 1.54) is 12.8 Å². The van der Waals surface area contributed by atoms with Gasteiger partial charge in [-0.1, -0.05) is 12.8 Å². The highest BCUT2D eigenvalue weighted by molar-refractivity contribution is 5.07. The molecule has 108 valence electrons. The van der Waals surface area contributed by atoms with Gasteiger partial charge in [0, 0.05) is 31.3 Å². The summed E-state index contributed by atoms with van der Waals surface area (Å²) in [6.45, 7) is 7.07. The predicted octanol–water partition coefficient (Wildman–Crippen LogP) is 2.68. The summed E-state index contributed by atoms with van der Waals surface area (Å²) in [7, 11) is 0. The van der Waals surface area contributed by atoms with Gasteiger partial charge in [0.2, 0.25) is 0 Å². The van der Waals surface area contributed by atoms with Crippen LogP contribution >= 0.6 is 0 Å². The van der Waals surface area contributed by atoms with Crippen molar-refractivity contribution in [2.24, 2.45) is 5.73 Å². The van der Waals surface area contributed by atoms with E-state index in [1.54, 1.807) is 0 Å². The summed E-state index contributed by atoms with van der Waals surface area (Å²) in [5, 5.41) is 4.59. The average molecular weight is 265 g/mol. The molecule has 4 nitrogen and oxygen atoms in total. The molecule has 0 radical (unpaired) electrons. The smallest absolute Gasteiger partial charge is 0.0836 e. The summed E-state index contributed by atoms with van der Waals surface area (Å²) in [4.78, 5) is 0.